The molecule has 5 heteroatoms. The van der Waals surface area contributed by atoms with Crippen LogP contribution in [-0.4, -0.2) is 19.8 Å². The van der Waals surface area contributed by atoms with Crippen LogP contribution in [0.2, 0.25) is 0 Å². The van der Waals surface area contributed by atoms with Crippen molar-refractivity contribution in [3.05, 3.63) is 48.5 Å². The summed E-state index contributed by atoms with van der Waals surface area (Å²) in [7, 11) is 1.58. The van der Waals surface area contributed by atoms with Crippen LogP contribution in [0.5, 0.6) is 17.2 Å². The molecule has 1 amide bonds. The third-order valence-electron chi connectivity index (χ3n) is 2.69. The summed E-state index contributed by atoms with van der Waals surface area (Å²) in [6.07, 6.45) is -0.577. The lowest BCUT2D eigenvalue weighted by Crippen LogP contribution is -2.17. The lowest BCUT2D eigenvalue weighted by molar-refractivity contribution is 0.212. The zero-order valence-corrected chi connectivity index (χ0v) is 12.0. The summed E-state index contributed by atoms with van der Waals surface area (Å²) in [5, 5.41) is 2.64. The molecular weight excluding hydrogens is 270 g/mol. The first-order valence-corrected chi connectivity index (χ1v) is 6.57. The molecule has 0 unspecified atom stereocenters. The van der Waals surface area contributed by atoms with E-state index in [0.717, 1.165) is 5.75 Å². The lowest BCUT2D eigenvalue weighted by Gasteiger charge is -2.11. The van der Waals surface area contributed by atoms with Gasteiger partial charge >= 0.3 is 6.09 Å². The van der Waals surface area contributed by atoms with Gasteiger partial charge in [0.15, 0.2) is 11.5 Å². The monoisotopic (exact) mass is 287 g/mol. The van der Waals surface area contributed by atoms with E-state index < -0.39 is 6.09 Å². The summed E-state index contributed by atoms with van der Waals surface area (Å²) < 4.78 is 15.7. The van der Waals surface area contributed by atoms with E-state index in [0.29, 0.717) is 23.8 Å². The van der Waals surface area contributed by atoms with Crippen LogP contribution >= 0.6 is 0 Å². The number of rotatable bonds is 5. The Bertz CT molecular complexity index is 595. The summed E-state index contributed by atoms with van der Waals surface area (Å²) >= 11 is 0. The third-order valence-corrected chi connectivity index (χ3v) is 2.69. The molecule has 0 saturated carbocycles. The van der Waals surface area contributed by atoms with Gasteiger partial charge in [-0.25, -0.2) is 4.79 Å². The minimum absolute atomic E-state index is 0.380. The van der Waals surface area contributed by atoms with Gasteiger partial charge in [0.1, 0.15) is 5.75 Å². The fourth-order valence-electron chi connectivity index (χ4n) is 1.73. The van der Waals surface area contributed by atoms with Gasteiger partial charge in [0.25, 0.3) is 0 Å². The number of hydrogen-bond donors (Lipinski definition) is 1. The van der Waals surface area contributed by atoms with Crippen LogP contribution in [0.25, 0.3) is 0 Å². The Hall–Kier alpha value is -2.69. The van der Waals surface area contributed by atoms with Gasteiger partial charge in [-0.1, -0.05) is 12.1 Å². The number of hydrogen-bond acceptors (Lipinski definition) is 4. The average molecular weight is 287 g/mol. The van der Waals surface area contributed by atoms with E-state index in [1.54, 1.807) is 49.6 Å². The molecule has 0 bridgehead atoms. The number of para-hydroxylation sites is 2. The Morgan fingerprint density at radius 3 is 2.33 bits per heavy atom. The van der Waals surface area contributed by atoms with Crippen LogP contribution in [0.4, 0.5) is 10.5 Å². The summed E-state index contributed by atoms with van der Waals surface area (Å²) in [6.45, 7) is 2.37. The Morgan fingerprint density at radius 2 is 1.71 bits per heavy atom. The Labute approximate surface area is 123 Å². The van der Waals surface area contributed by atoms with Crippen LogP contribution in [0.1, 0.15) is 6.92 Å². The molecule has 0 saturated heterocycles. The second-order valence-electron chi connectivity index (χ2n) is 4.12. The molecule has 0 aliphatic rings. The standard InChI is InChI=1S/C16H17NO4/c1-3-20-14-6-4-5-7-15(14)21-16(18)17-12-8-10-13(19-2)11-9-12/h4-11H,3H2,1-2H3,(H,17,18). The molecule has 0 radical (unpaired) electrons. The van der Waals surface area contributed by atoms with E-state index in [9.17, 15) is 4.79 Å². The van der Waals surface area contributed by atoms with Crippen LogP contribution in [0, 0.1) is 0 Å². The number of methoxy groups -OCH3 is 1. The molecule has 1 N–H and O–H groups in total. The number of nitrogens with one attached hydrogen (secondary N) is 1. The van der Waals surface area contributed by atoms with E-state index in [2.05, 4.69) is 5.32 Å². The lowest BCUT2D eigenvalue weighted by atomic mass is 10.3. The third kappa shape index (κ3) is 4.14. The summed E-state index contributed by atoms with van der Waals surface area (Å²) in [5.41, 5.74) is 0.620. The molecule has 0 aliphatic carbocycles. The summed E-state index contributed by atoms with van der Waals surface area (Å²) in [4.78, 5) is 11.9. The Balaban J connectivity index is 2.01. The molecule has 0 aromatic heterocycles. The molecule has 0 aliphatic heterocycles. The molecule has 0 fully saturated rings. The maximum atomic E-state index is 11.9. The quantitative estimate of drug-likeness (QED) is 0.911. The van der Waals surface area contributed by atoms with Gasteiger partial charge < -0.3 is 14.2 Å². The van der Waals surface area contributed by atoms with Gasteiger partial charge in [0, 0.05) is 5.69 Å². The smallest absolute Gasteiger partial charge is 0.417 e. The number of benzene rings is 2. The molecule has 110 valence electrons. The number of amides is 1. The van der Waals surface area contributed by atoms with Gasteiger partial charge in [-0.3, -0.25) is 5.32 Å². The van der Waals surface area contributed by atoms with Crippen molar-refractivity contribution in [3.63, 3.8) is 0 Å². The van der Waals surface area contributed by atoms with E-state index in [1.807, 2.05) is 13.0 Å². The molecule has 0 heterocycles. The largest absolute Gasteiger partial charge is 0.497 e. The highest BCUT2D eigenvalue weighted by Crippen LogP contribution is 2.26. The van der Waals surface area contributed by atoms with Crippen LogP contribution in [-0.2, 0) is 0 Å². The highest BCUT2D eigenvalue weighted by Gasteiger charge is 2.09. The number of carbonyl (C=O) groups excluding carboxylic acids is 1. The SMILES string of the molecule is CCOc1ccccc1OC(=O)Nc1ccc(OC)cc1. The predicted molar refractivity (Wildman–Crippen MR) is 80.3 cm³/mol. The van der Waals surface area contributed by atoms with Crippen molar-refractivity contribution in [3.8, 4) is 17.2 Å². The van der Waals surface area contributed by atoms with Gasteiger partial charge in [0.2, 0.25) is 0 Å². The summed E-state index contributed by atoms with van der Waals surface area (Å²) in [6, 6.07) is 14.0. The second kappa shape index (κ2) is 7.19. The first-order valence-electron chi connectivity index (χ1n) is 6.57. The van der Waals surface area contributed by atoms with Gasteiger partial charge in [-0.15, -0.1) is 0 Å². The van der Waals surface area contributed by atoms with Crippen LogP contribution < -0.4 is 19.5 Å². The molecule has 2 rings (SSSR count). The molecule has 2 aromatic rings. The first kappa shape index (κ1) is 14.7. The van der Waals surface area contributed by atoms with Crippen molar-refractivity contribution < 1.29 is 19.0 Å². The first-order chi connectivity index (χ1) is 10.2. The fraction of sp³-hybridized carbons (Fsp3) is 0.188. The Morgan fingerprint density at radius 1 is 1.05 bits per heavy atom. The van der Waals surface area contributed by atoms with Gasteiger partial charge in [-0.05, 0) is 43.3 Å². The van der Waals surface area contributed by atoms with Crippen molar-refractivity contribution in [2.45, 2.75) is 6.92 Å². The van der Waals surface area contributed by atoms with Gasteiger partial charge in [-0.2, -0.15) is 0 Å². The molecule has 2 aromatic carbocycles. The highest BCUT2D eigenvalue weighted by molar-refractivity contribution is 5.86. The van der Waals surface area contributed by atoms with Crippen molar-refractivity contribution >= 4 is 11.8 Å². The zero-order chi connectivity index (χ0) is 15.1. The van der Waals surface area contributed by atoms with Crippen molar-refractivity contribution in [2.24, 2.45) is 0 Å². The van der Waals surface area contributed by atoms with Crippen molar-refractivity contribution in [1.82, 2.24) is 0 Å². The van der Waals surface area contributed by atoms with E-state index in [-0.39, 0.29) is 0 Å². The minimum atomic E-state index is -0.577. The maximum absolute atomic E-state index is 11.9. The predicted octanol–water partition coefficient (Wildman–Crippen LogP) is 3.70. The zero-order valence-electron chi connectivity index (χ0n) is 12.0. The van der Waals surface area contributed by atoms with Crippen LogP contribution in [0.3, 0.4) is 0 Å². The van der Waals surface area contributed by atoms with Crippen molar-refractivity contribution in [1.29, 1.82) is 0 Å². The van der Waals surface area contributed by atoms with E-state index in [4.69, 9.17) is 14.2 Å². The number of carbonyl (C=O) groups is 1. The molecule has 0 spiro atoms. The summed E-state index contributed by atoms with van der Waals surface area (Å²) in [5.74, 6) is 1.63. The number of ether oxygens (including phenoxy) is 3. The highest BCUT2D eigenvalue weighted by atomic mass is 16.6. The van der Waals surface area contributed by atoms with E-state index >= 15 is 0 Å². The molecule has 5 nitrogen and oxygen atoms in total. The van der Waals surface area contributed by atoms with Crippen LogP contribution in [0.15, 0.2) is 48.5 Å². The maximum Gasteiger partial charge on any atom is 0.417 e. The van der Waals surface area contributed by atoms with Gasteiger partial charge in [0.05, 0.1) is 13.7 Å². The molecule has 0 atom stereocenters. The average Bonchev–Trinajstić information content (AvgIpc) is 2.50. The normalized spacial score (nSPS) is 9.81. The Kier molecular flexibility index (Phi) is 5.04. The minimum Gasteiger partial charge on any atom is -0.497 e. The molecule has 21 heavy (non-hydrogen) atoms. The van der Waals surface area contributed by atoms with E-state index in [1.165, 1.54) is 0 Å². The topological polar surface area (TPSA) is 56.8 Å². The number of anilines is 1. The second-order valence-corrected chi connectivity index (χ2v) is 4.12. The molecular formula is C16H17NO4. The van der Waals surface area contributed by atoms with Crippen molar-refractivity contribution in [2.75, 3.05) is 19.0 Å². The fourth-order valence-corrected chi connectivity index (χ4v) is 1.73.